The van der Waals surface area contributed by atoms with Gasteiger partial charge in [0.15, 0.2) is 0 Å². The number of Topliss-reactive ketones (excluding diaryl/α,β-unsaturated/α-hetero) is 1. The number of ketones is 1. The number of hydrogen-bond acceptors (Lipinski definition) is 4. The summed E-state index contributed by atoms with van der Waals surface area (Å²) in [6.45, 7) is 6.64. The minimum atomic E-state index is -0.206. The maximum atomic E-state index is 12.0. The van der Waals surface area contributed by atoms with E-state index in [-0.39, 0.29) is 29.3 Å². The van der Waals surface area contributed by atoms with Crippen LogP contribution in [0, 0.1) is 17.8 Å². The summed E-state index contributed by atoms with van der Waals surface area (Å²) in [4.78, 5) is 23.7. The third-order valence-corrected chi connectivity index (χ3v) is 4.00. The predicted octanol–water partition coefficient (Wildman–Crippen LogP) is 2.35. The number of ether oxygens (including phenoxy) is 2. The molecule has 0 spiro atoms. The summed E-state index contributed by atoms with van der Waals surface area (Å²) in [5.41, 5.74) is -0.206. The molecule has 2 saturated carbocycles. The third-order valence-electron chi connectivity index (χ3n) is 4.00. The van der Waals surface area contributed by atoms with Gasteiger partial charge >= 0.3 is 5.97 Å². The lowest BCUT2D eigenvalue weighted by Crippen LogP contribution is -2.32. The van der Waals surface area contributed by atoms with Crippen molar-refractivity contribution in [2.45, 2.75) is 52.1 Å². The van der Waals surface area contributed by atoms with Gasteiger partial charge in [-0.3, -0.25) is 9.59 Å². The van der Waals surface area contributed by atoms with E-state index in [0.717, 1.165) is 12.8 Å². The Kier molecular flexibility index (Phi) is 4.29. The molecule has 108 valence electrons. The van der Waals surface area contributed by atoms with E-state index in [0.29, 0.717) is 31.8 Å². The molecule has 0 heterocycles. The van der Waals surface area contributed by atoms with Gasteiger partial charge in [-0.2, -0.15) is 0 Å². The molecule has 19 heavy (non-hydrogen) atoms. The van der Waals surface area contributed by atoms with Crippen LogP contribution in [0.4, 0.5) is 0 Å². The molecule has 0 aliphatic heterocycles. The molecule has 0 amide bonds. The molecule has 0 N–H and O–H groups in total. The Hall–Kier alpha value is -0.900. The van der Waals surface area contributed by atoms with E-state index in [1.165, 1.54) is 0 Å². The van der Waals surface area contributed by atoms with Crippen LogP contribution >= 0.6 is 0 Å². The zero-order valence-electron chi connectivity index (χ0n) is 12.1. The van der Waals surface area contributed by atoms with Gasteiger partial charge in [0, 0.05) is 11.8 Å². The molecule has 2 aliphatic carbocycles. The molecule has 2 rings (SSSR count). The maximum absolute atomic E-state index is 12.0. The van der Waals surface area contributed by atoms with E-state index in [1.807, 2.05) is 20.8 Å². The first-order chi connectivity index (χ1) is 8.87. The lowest BCUT2D eigenvalue weighted by molar-refractivity contribution is -0.154. The van der Waals surface area contributed by atoms with Crippen LogP contribution in [-0.2, 0) is 19.1 Å². The number of hydrogen-bond donors (Lipinski definition) is 0. The number of carbonyl (C=O) groups is 2. The van der Waals surface area contributed by atoms with E-state index in [9.17, 15) is 9.59 Å². The predicted molar refractivity (Wildman–Crippen MR) is 70.6 cm³/mol. The standard InChI is InChI=1S/C15H24O4/c1-15(2,3)19-7-6-18-14(17)12-8-10-4-5-11(9-12)13(10)16/h10-12H,4-9H2,1-3H3/t10-,11+,12?. The largest absolute Gasteiger partial charge is 0.463 e. The van der Waals surface area contributed by atoms with Crippen molar-refractivity contribution in [2.24, 2.45) is 17.8 Å². The van der Waals surface area contributed by atoms with Crippen LogP contribution in [0.5, 0.6) is 0 Å². The van der Waals surface area contributed by atoms with Crippen molar-refractivity contribution < 1.29 is 19.1 Å². The molecule has 3 atom stereocenters. The van der Waals surface area contributed by atoms with Crippen LogP contribution in [0.1, 0.15) is 46.5 Å². The van der Waals surface area contributed by atoms with E-state index in [4.69, 9.17) is 9.47 Å². The minimum absolute atomic E-state index is 0.0789. The Labute approximate surface area is 114 Å². The highest BCUT2D eigenvalue weighted by molar-refractivity contribution is 5.88. The van der Waals surface area contributed by atoms with E-state index in [2.05, 4.69) is 0 Å². The van der Waals surface area contributed by atoms with Crippen LogP contribution in [0.15, 0.2) is 0 Å². The highest BCUT2D eigenvalue weighted by Crippen LogP contribution is 2.42. The van der Waals surface area contributed by atoms with Crippen molar-refractivity contribution in [3.05, 3.63) is 0 Å². The molecule has 4 nitrogen and oxygen atoms in total. The summed E-state index contributed by atoms with van der Waals surface area (Å²) in [5.74, 6) is 0.371. The van der Waals surface area contributed by atoms with Crippen LogP contribution in [0.25, 0.3) is 0 Å². The fourth-order valence-electron chi connectivity index (χ4n) is 3.07. The third kappa shape index (κ3) is 3.78. The minimum Gasteiger partial charge on any atom is -0.463 e. The second-order valence-corrected chi connectivity index (χ2v) is 6.67. The number of fused-ring (bicyclic) bond motifs is 2. The topological polar surface area (TPSA) is 52.6 Å². The molecule has 2 aliphatic rings. The van der Waals surface area contributed by atoms with Crippen molar-refractivity contribution in [2.75, 3.05) is 13.2 Å². The molecular weight excluding hydrogens is 244 g/mol. The number of esters is 1. The first-order valence-corrected chi connectivity index (χ1v) is 7.21. The van der Waals surface area contributed by atoms with E-state index < -0.39 is 0 Å². The number of carbonyl (C=O) groups excluding carboxylic acids is 2. The average molecular weight is 268 g/mol. The summed E-state index contributed by atoms with van der Waals surface area (Å²) in [6.07, 6.45) is 3.30. The first-order valence-electron chi connectivity index (χ1n) is 7.21. The van der Waals surface area contributed by atoms with Crippen LogP contribution < -0.4 is 0 Å². The second-order valence-electron chi connectivity index (χ2n) is 6.67. The van der Waals surface area contributed by atoms with Gasteiger partial charge in [0.05, 0.1) is 18.1 Å². The Morgan fingerprint density at radius 2 is 1.74 bits per heavy atom. The van der Waals surface area contributed by atoms with Gasteiger partial charge in [-0.05, 0) is 46.5 Å². The molecular formula is C15H24O4. The van der Waals surface area contributed by atoms with Crippen molar-refractivity contribution >= 4 is 11.8 Å². The maximum Gasteiger partial charge on any atom is 0.309 e. The Balaban J connectivity index is 1.71. The quantitative estimate of drug-likeness (QED) is 0.580. The van der Waals surface area contributed by atoms with Crippen molar-refractivity contribution in [3.8, 4) is 0 Å². The second kappa shape index (κ2) is 5.61. The van der Waals surface area contributed by atoms with Gasteiger partial charge in [0.2, 0.25) is 0 Å². The van der Waals surface area contributed by atoms with Crippen molar-refractivity contribution in [1.82, 2.24) is 0 Å². The van der Waals surface area contributed by atoms with Gasteiger partial charge in [-0.15, -0.1) is 0 Å². The van der Waals surface area contributed by atoms with Gasteiger partial charge in [-0.25, -0.2) is 0 Å². The summed E-state index contributed by atoms with van der Waals surface area (Å²) < 4.78 is 10.8. The molecule has 0 aromatic rings. The van der Waals surface area contributed by atoms with E-state index >= 15 is 0 Å². The molecule has 0 saturated heterocycles. The fourth-order valence-corrected chi connectivity index (χ4v) is 3.07. The molecule has 4 heteroatoms. The van der Waals surface area contributed by atoms with Crippen LogP contribution in [0.2, 0.25) is 0 Å². The van der Waals surface area contributed by atoms with Crippen LogP contribution in [0.3, 0.4) is 0 Å². The summed E-state index contributed by atoms with van der Waals surface area (Å²) in [6, 6.07) is 0. The van der Waals surface area contributed by atoms with Gasteiger partial charge in [0.1, 0.15) is 12.4 Å². The van der Waals surface area contributed by atoms with Gasteiger partial charge < -0.3 is 9.47 Å². The van der Waals surface area contributed by atoms with E-state index in [1.54, 1.807) is 0 Å². The zero-order valence-corrected chi connectivity index (χ0v) is 12.1. The van der Waals surface area contributed by atoms with Gasteiger partial charge in [0.25, 0.3) is 0 Å². The monoisotopic (exact) mass is 268 g/mol. The van der Waals surface area contributed by atoms with Crippen molar-refractivity contribution in [3.63, 3.8) is 0 Å². The normalized spacial score (nSPS) is 30.5. The summed E-state index contributed by atoms with van der Waals surface area (Å²) in [7, 11) is 0. The molecule has 1 unspecified atom stereocenters. The lowest BCUT2D eigenvalue weighted by atomic mass is 9.80. The summed E-state index contributed by atoms with van der Waals surface area (Å²) >= 11 is 0. The first kappa shape index (κ1) is 14.5. The molecule has 2 bridgehead atoms. The average Bonchev–Trinajstić information content (AvgIpc) is 2.55. The molecule has 0 aromatic carbocycles. The molecule has 2 fully saturated rings. The van der Waals surface area contributed by atoms with Crippen molar-refractivity contribution in [1.29, 1.82) is 0 Å². The Morgan fingerprint density at radius 1 is 1.16 bits per heavy atom. The lowest BCUT2D eigenvalue weighted by Gasteiger charge is -2.25. The highest BCUT2D eigenvalue weighted by atomic mass is 16.6. The molecule has 0 aromatic heterocycles. The van der Waals surface area contributed by atoms with Crippen LogP contribution in [-0.4, -0.2) is 30.6 Å². The zero-order chi connectivity index (χ0) is 14.0. The summed E-state index contributed by atoms with van der Waals surface area (Å²) in [5, 5.41) is 0. The fraction of sp³-hybridized carbons (Fsp3) is 0.867. The molecule has 0 radical (unpaired) electrons. The highest BCUT2D eigenvalue weighted by Gasteiger charge is 2.44. The SMILES string of the molecule is CC(C)(C)OCCOC(=O)C1C[C@H]2CC[C@@H](C1)C2=O. The van der Waals surface area contributed by atoms with Gasteiger partial charge in [-0.1, -0.05) is 0 Å². The Bertz CT molecular complexity index is 340. The number of rotatable bonds is 4. The smallest absolute Gasteiger partial charge is 0.309 e. The Morgan fingerprint density at radius 3 is 2.26 bits per heavy atom.